The van der Waals surface area contributed by atoms with E-state index in [0.29, 0.717) is 12.1 Å². The average molecular weight is 314 g/mol. The minimum Gasteiger partial charge on any atom is -0.508 e. The van der Waals surface area contributed by atoms with Crippen molar-refractivity contribution in [3.05, 3.63) is 75.9 Å². The Hall–Kier alpha value is -2.66. The molecule has 0 aliphatic carbocycles. The van der Waals surface area contributed by atoms with Crippen LogP contribution in [-0.2, 0) is 6.54 Å². The molecule has 0 saturated heterocycles. The van der Waals surface area contributed by atoms with Crippen molar-refractivity contribution in [2.24, 2.45) is 0 Å². The third-order valence-corrected chi connectivity index (χ3v) is 3.90. The predicted molar refractivity (Wildman–Crippen MR) is 84.6 cm³/mol. The van der Waals surface area contributed by atoms with Crippen molar-refractivity contribution in [3.8, 4) is 5.75 Å². The summed E-state index contributed by atoms with van der Waals surface area (Å²) < 4.78 is 18.1. The minimum absolute atomic E-state index is 0.0569. The van der Waals surface area contributed by atoms with E-state index in [1.165, 1.54) is 24.3 Å². The van der Waals surface area contributed by atoms with Gasteiger partial charge in [-0.25, -0.2) is 9.18 Å². The van der Waals surface area contributed by atoms with E-state index in [4.69, 9.17) is 4.42 Å². The second-order valence-electron chi connectivity index (χ2n) is 5.55. The molecule has 0 spiro atoms. The molecule has 0 fully saturated rings. The van der Waals surface area contributed by atoms with Crippen LogP contribution in [0.3, 0.4) is 0 Å². The summed E-state index contributed by atoms with van der Waals surface area (Å²) in [5.41, 5.74) is 1.78. The Morgan fingerprint density at radius 2 is 1.91 bits per heavy atom. The molecule has 1 atom stereocenters. The molecule has 0 amide bonds. The van der Waals surface area contributed by atoms with Crippen LogP contribution in [0.2, 0.25) is 0 Å². The molecule has 0 unspecified atom stereocenters. The van der Waals surface area contributed by atoms with Gasteiger partial charge in [-0.2, -0.15) is 0 Å². The van der Waals surface area contributed by atoms with Gasteiger partial charge in [0.15, 0.2) is 0 Å². The molecule has 0 radical (unpaired) electrons. The lowest BCUT2D eigenvalue weighted by molar-refractivity contribution is -0.707. The molecule has 0 aliphatic heterocycles. The first kappa shape index (κ1) is 15.2. The molecule has 5 heteroatoms. The number of phenolic OH excluding ortho intramolecular Hbond substituents is 1. The first-order chi connectivity index (χ1) is 11.0. The Bertz CT molecular complexity index is 887. The number of benzene rings is 2. The average Bonchev–Trinajstić information content (AvgIpc) is 2.52. The summed E-state index contributed by atoms with van der Waals surface area (Å²) >= 11 is 0. The van der Waals surface area contributed by atoms with Gasteiger partial charge in [-0.1, -0.05) is 12.1 Å². The van der Waals surface area contributed by atoms with E-state index >= 15 is 0 Å². The second kappa shape index (κ2) is 6.22. The van der Waals surface area contributed by atoms with Gasteiger partial charge in [-0.15, -0.1) is 0 Å². The number of quaternary nitrogens is 1. The Morgan fingerprint density at radius 3 is 2.65 bits per heavy atom. The van der Waals surface area contributed by atoms with Crippen LogP contribution in [0.5, 0.6) is 5.75 Å². The summed E-state index contributed by atoms with van der Waals surface area (Å²) in [6.07, 6.45) is 0. The van der Waals surface area contributed by atoms with Crippen molar-refractivity contribution in [1.82, 2.24) is 0 Å². The molecule has 3 rings (SSSR count). The summed E-state index contributed by atoms with van der Waals surface area (Å²) in [4.78, 5) is 11.7. The summed E-state index contributed by atoms with van der Waals surface area (Å²) in [7, 11) is 0. The van der Waals surface area contributed by atoms with E-state index in [0.717, 1.165) is 16.5 Å². The summed E-state index contributed by atoms with van der Waals surface area (Å²) in [5.74, 6) is -0.200. The molecule has 0 aliphatic rings. The molecule has 23 heavy (non-hydrogen) atoms. The van der Waals surface area contributed by atoms with Gasteiger partial charge in [0.25, 0.3) is 0 Å². The normalized spacial score (nSPS) is 12.4. The quantitative estimate of drug-likeness (QED) is 0.727. The number of fused-ring (bicyclic) bond motifs is 1. The molecular weight excluding hydrogens is 297 g/mol. The number of rotatable bonds is 4. The maximum atomic E-state index is 13.0. The third kappa shape index (κ3) is 3.40. The van der Waals surface area contributed by atoms with Gasteiger partial charge in [0.1, 0.15) is 29.7 Å². The highest BCUT2D eigenvalue weighted by Gasteiger charge is 2.12. The van der Waals surface area contributed by atoms with Crippen molar-refractivity contribution in [2.75, 3.05) is 0 Å². The first-order valence-corrected chi connectivity index (χ1v) is 7.37. The van der Waals surface area contributed by atoms with Crippen LogP contribution >= 0.6 is 0 Å². The van der Waals surface area contributed by atoms with Crippen LogP contribution < -0.4 is 10.9 Å². The Labute approximate surface area is 132 Å². The van der Waals surface area contributed by atoms with E-state index in [9.17, 15) is 14.3 Å². The summed E-state index contributed by atoms with van der Waals surface area (Å²) in [6.45, 7) is 2.60. The molecule has 3 N–H and O–H groups in total. The topological polar surface area (TPSA) is 67.0 Å². The SMILES string of the molecule is C[C@@H]([NH2+]Cc1cc(=O)oc2cc(O)ccc12)c1ccc(F)cc1. The molecule has 0 saturated carbocycles. The fraction of sp³-hybridized carbons (Fsp3) is 0.167. The van der Waals surface area contributed by atoms with Crippen LogP contribution in [0.4, 0.5) is 4.39 Å². The molecule has 2 aromatic carbocycles. The lowest BCUT2D eigenvalue weighted by atomic mass is 10.1. The lowest BCUT2D eigenvalue weighted by Crippen LogP contribution is -2.83. The molecule has 3 aromatic rings. The molecule has 1 aromatic heterocycles. The second-order valence-corrected chi connectivity index (χ2v) is 5.55. The van der Waals surface area contributed by atoms with Crippen molar-refractivity contribution in [2.45, 2.75) is 19.5 Å². The highest BCUT2D eigenvalue weighted by Crippen LogP contribution is 2.21. The zero-order chi connectivity index (χ0) is 16.4. The minimum atomic E-state index is -0.444. The number of hydrogen-bond donors (Lipinski definition) is 2. The van der Waals surface area contributed by atoms with Crippen molar-refractivity contribution < 1.29 is 19.2 Å². The highest BCUT2D eigenvalue weighted by molar-refractivity contribution is 5.81. The Morgan fingerprint density at radius 1 is 1.17 bits per heavy atom. The summed E-state index contributed by atoms with van der Waals surface area (Å²) in [5, 5.41) is 12.4. The maximum Gasteiger partial charge on any atom is 0.336 e. The van der Waals surface area contributed by atoms with Crippen LogP contribution in [0.15, 0.2) is 57.7 Å². The van der Waals surface area contributed by atoms with Gasteiger partial charge in [0.05, 0.1) is 0 Å². The zero-order valence-corrected chi connectivity index (χ0v) is 12.6. The zero-order valence-electron chi connectivity index (χ0n) is 12.6. The fourth-order valence-corrected chi connectivity index (χ4v) is 2.59. The number of nitrogens with two attached hydrogens (primary N) is 1. The van der Waals surface area contributed by atoms with Gasteiger partial charge in [-0.05, 0) is 31.2 Å². The number of halogens is 1. The Balaban J connectivity index is 1.84. The monoisotopic (exact) mass is 314 g/mol. The first-order valence-electron chi connectivity index (χ1n) is 7.37. The van der Waals surface area contributed by atoms with Gasteiger partial charge in [0.2, 0.25) is 0 Å². The maximum absolute atomic E-state index is 13.0. The number of phenols is 1. The fourth-order valence-electron chi connectivity index (χ4n) is 2.59. The van der Waals surface area contributed by atoms with Crippen LogP contribution in [-0.4, -0.2) is 5.11 Å². The third-order valence-electron chi connectivity index (χ3n) is 3.90. The van der Waals surface area contributed by atoms with Gasteiger partial charge >= 0.3 is 5.63 Å². The van der Waals surface area contributed by atoms with Crippen molar-refractivity contribution in [1.29, 1.82) is 0 Å². The van der Waals surface area contributed by atoms with Gasteiger partial charge in [0, 0.05) is 28.6 Å². The molecule has 118 valence electrons. The van der Waals surface area contributed by atoms with E-state index in [2.05, 4.69) is 5.32 Å². The van der Waals surface area contributed by atoms with E-state index in [-0.39, 0.29) is 17.6 Å². The number of aromatic hydroxyl groups is 1. The van der Waals surface area contributed by atoms with Crippen LogP contribution in [0.1, 0.15) is 24.1 Å². The van der Waals surface area contributed by atoms with E-state index in [1.807, 2.05) is 6.92 Å². The van der Waals surface area contributed by atoms with Crippen molar-refractivity contribution in [3.63, 3.8) is 0 Å². The Kier molecular flexibility index (Phi) is 4.12. The lowest BCUT2D eigenvalue weighted by Gasteiger charge is -2.12. The van der Waals surface area contributed by atoms with Crippen LogP contribution in [0.25, 0.3) is 11.0 Å². The van der Waals surface area contributed by atoms with Gasteiger partial charge < -0.3 is 14.8 Å². The van der Waals surface area contributed by atoms with Gasteiger partial charge in [-0.3, -0.25) is 0 Å². The van der Waals surface area contributed by atoms with Crippen molar-refractivity contribution >= 4 is 11.0 Å². The highest BCUT2D eigenvalue weighted by atomic mass is 19.1. The van der Waals surface area contributed by atoms with Crippen LogP contribution in [0, 0.1) is 5.82 Å². The standard InChI is InChI=1S/C18H16FNO3/c1-11(12-2-4-14(19)5-3-12)20-10-13-8-18(22)23-17-9-15(21)6-7-16(13)17/h2-9,11,20-21H,10H2,1H3/p+1/t11-/m1/s1. The number of hydrogen-bond acceptors (Lipinski definition) is 3. The molecule has 4 nitrogen and oxygen atoms in total. The van der Waals surface area contributed by atoms with E-state index in [1.54, 1.807) is 24.3 Å². The smallest absolute Gasteiger partial charge is 0.336 e. The molecule has 0 bridgehead atoms. The molecule has 1 heterocycles. The van der Waals surface area contributed by atoms with E-state index < -0.39 is 5.63 Å². The summed E-state index contributed by atoms with van der Waals surface area (Å²) in [6, 6.07) is 12.7. The predicted octanol–water partition coefficient (Wildman–Crippen LogP) is 2.46. The largest absolute Gasteiger partial charge is 0.508 e. The molecular formula is C18H17FNO3+.